The van der Waals surface area contributed by atoms with Crippen molar-refractivity contribution < 1.29 is 0 Å². The summed E-state index contributed by atoms with van der Waals surface area (Å²) < 4.78 is 0. The van der Waals surface area contributed by atoms with E-state index in [4.69, 9.17) is 0 Å². The molecule has 12 heavy (non-hydrogen) atoms. The summed E-state index contributed by atoms with van der Waals surface area (Å²) in [4.78, 5) is 0. The van der Waals surface area contributed by atoms with Gasteiger partial charge in [-0.1, -0.05) is 45.3 Å². The molecule has 0 aliphatic heterocycles. The van der Waals surface area contributed by atoms with E-state index in [-0.39, 0.29) is 0 Å². The lowest BCUT2D eigenvalue weighted by Crippen LogP contribution is -2.07. The predicted octanol–water partition coefficient (Wildman–Crippen LogP) is 4.17. The van der Waals surface area contributed by atoms with Gasteiger partial charge in [0.25, 0.3) is 0 Å². The Hall–Kier alpha value is -0.260. The van der Waals surface area contributed by atoms with Gasteiger partial charge in [-0.3, -0.25) is 0 Å². The molecule has 0 aromatic carbocycles. The van der Waals surface area contributed by atoms with E-state index in [2.05, 4.69) is 26.0 Å². The molecule has 1 aliphatic carbocycles. The van der Waals surface area contributed by atoms with Crippen molar-refractivity contribution in [2.75, 3.05) is 0 Å². The fraction of sp³-hybridized carbons (Fsp3) is 0.833. The average Bonchev–Trinajstić information content (AvgIpc) is 2.08. The van der Waals surface area contributed by atoms with Crippen LogP contribution in [0.25, 0.3) is 0 Å². The Balaban J connectivity index is 2.38. The summed E-state index contributed by atoms with van der Waals surface area (Å²) in [7, 11) is 0. The highest BCUT2D eigenvalue weighted by molar-refractivity contribution is 4.85. The van der Waals surface area contributed by atoms with E-state index < -0.39 is 0 Å². The van der Waals surface area contributed by atoms with Crippen LogP contribution in [0.15, 0.2) is 12.2 Å². The summed E-state index contributed by atoms with van der Waals surface area (Å²) >= 11 is 0. The van der Waals surface area contributed by atoms with Crippen molar-refractivity contribution in [3.05, 3.63) is 12.2 Å². The molecular formula is C12H22. The normalized spacial score (nSPS) is 33.2. The molecule has 0 aromatic rings. The number of hydrogen-bond acceptors (Lipinski definition) is 0. The molecule has 0 heteroatoms. The number of rotatable bonds is 0. The molecule has 2 atom stereocenters. The predicted molar refractivity (Wildman–Crippen MR) is 55.2 cm³/mol. The van der Waals surface area contributed by atoms with Gasteiger partial charge < -0.3 is 0 Å². The molecule has 0 saturated carbocycles. The van der Waals surface area contributed by atoms with Gasteiger partial charge in [-0.15, -0.1) is 0 Å². The maximum Gasteiger partial charge on any atom is -0.0322 e. The zero-order valence-electron chi connectivity index (χ0n) is 8.55. The lowest BCUT2D eigenvalue weighted by atomic mass is 9.87. The SMILES string of the molecule is CC1CC=CCCCCCC1C. The molecule has 1 rings (SSSR count). The van der Waals surface area contributed by atoms with E-state index in [1.807, 2.05) is 0 Å². The quantitative estimate of drug-likeness (QED) is 0.474. The van der Waals surface area contributed by atoms with Crippen LogP contribution < -0.4 is 0 Å². The Kier molecular flexibility index (Phi) is 4.42. The maximum absolute atomic E-state index is 2.40. The van der Waals surface area contributed by atoms with Crippen LogP contribution in [0, 0.1) is 11.8 Å². The molecule has 0 bridgehead atoms. The van der Waals surface area contributed by atoms with Crippen molar-refractivity contribution in [1.82, 2.24) is 0 Å². The van der Waals surface area contributed by atoms with Gasteiger partial charge in [0.05, 0.1) is 0 Å². The zero-order valence-corrected chi connectivity index (χ0v) is 8.55. The molecule has 0 nitrogen and oxygen atoms in total. The number of hydrogen-bond donors (Lipinski definition) is 0. The average molecular weight is 166 g/mol. The first-order valence-electron chi connectivity index (χ1n) is 5.45. The van der Waals surface area contributed by atoms with Crippen molar-refractivity contribution in [2.24, 2.45) is 11.8 Å². The first kappa shape index (κ1) is 9.83. The van der Waals surface area contributed by atoms with Crippen LogP contribution in [0.2, 0.25) is 0 Å². The van der Waals surface area contributed by atoms with Crippen LogP contribution in [0.1, 0.15) is 52.4 Å². The van der Waals surface area contributed by atoms with E-state index in [1.165, 1.54) is 38.5 Å². The lowest BCUT2D eigenvalue weighted by molar-refractivity contribution is 0.351. The highest BCUT2D eigenvalue weighted by Gasteiger charge is 2.10. The van der Waals surface area contributed by atoms with E-state index in [0.717, 1.165) is 11.8 Å². The fourth-order valence-electron chi connectivity index (χ4n) is 1.85. The topological polar surface area (TPSA) is 0 Å². The first-order valence-corrected chi connectivity index (χ1v) is 5.45. The third-order valence-corrected chi connectivity index (χ3v) is 3.18. The Morgan fingerprint density at radius 3 is 2.58 bits per heavy atom. The second-order valence-corrected chi connectivity index (χ2v) is 4.30. The molecule has 70 valence electrons. The van der Waals surface area contributed by atoms with Crippen LogP contribution in [-0.2, 0) is 0 Å². The molecule has 2 unspecified atom stereocenters. The smallest absolute Gasteiger partial charge is 0.0322 e. The zero-order chi connectivity index (χ0) is 8.81. The van der Waals surface area contributed by atoms with E-state index >= 15 is 0 Å². The monoisotopic (exact) mass is 166 g/mol. The van der Waals surface area contributed by atoms with Gasteiger partial charge in [0.2, 0.25) is 0 Å². The summed E-state index contributed by atoms with van der Waals surface area (Å²) in [6.45, 7) is 4.79. The first-order chi connectivity index (χ1) is 5.80. The molecule has 0 N–H and O–H groups in total. The molecule has 0 amide bonds. The second-order valence-electron chi connectivity index (χ2n) is 4.30. The van der Waals surface area contributed by atoms with Gasteiger partial charge >= 0.3 is 0 Å². The second kappa shape index (κ2) is 5.40. The minimum absolute atomic E-state index is 0.888. The Morgan fingerprint density at radius 1 is 0.917 bits per heavy atom. The van der Waals surface area contributed by atoms with Crippen LogP contribution in [0.4, 0.5) is 0 Å². The molecular weight excluding hydrogens is 144 g/mol. The third-order valence-electron chi connectivity index (χ3n) is 3.18. The van der Waals surface area contributed by atoms with Crippen LogP contribution in [0.5, 0.6) is 0 Å². The molecule has 0 aromatic heterocycles. The standard InChI is InChI=1S/C12H22/c1-11-9-7-5-3-4-6-8-10-12(11)2/h5,7,11-12H,3-4,6,8-10H2,1-2H3. The highest BCUT2D eigenvalue weighted by atomic mass is 14.2. The Labute approximate surface area is 77.1 Å². The Morgan fingerprint density at radius 2 is 1.75 bits per heavy atom. The maximum atomic E-state index is 2.40. The van der Waals surface area contributed by atoms with Gasteiger partial charge in [-0.25, -0.2) is 0 Å². The minimum atomic E-state index is 0.888. The molecule has 0 heterocycles. The van der Waals surface area contributed by atoms with Gasteiger partial charge in [-0.05, 0) is 31.1 Å². The van der Waals surface area contributed by atoms with Gasteiger partial charge in [0, 0.05) is 0 Å². The summed E-state index contributed by atoms with van der Waals surface area (Å²) in [6, 6.07) is 0. The minimum Gasteiger partial charge on any atom is -0.0885 e. The van der Waals surface area contributed by atoms with Gasteiger partial charge in [0.1, 0.15) is 0 Å². The van der Waals surface area contributed by atoms with Crippen LogP contribution >= 0.6 is 0 Å². The van der Waals surface area contributed by atoms with Gasteiger partial charge in [0.15, 0.2) is 0 Å². The van der Waals surface area contributed by atoms with Crippen LogP contribution in [0.3, 0.4) is 0 Å². The number of allylic oxidation sites excluding steroid dienone is 2. The molecule has 0 saturated heterocycles. The van der Waals surface area contributed by atoms with Gasteiger partial charge in [-0.2, -0.15) is 0 Å². The Bertz CT molecular complexity index is 135. The summed E-state index contributed by atoms with van der Waals surface area (Å²) in [6.07, 6.45) is 13.1. The molecule has 0 spiro atoms. The lowest BCUT2D eigenvalue weighted by Gasteiger charge is -2.19. The van der Waals surface area contributed by atoms with Crippen molar-refractivity contribution >= 4 is 0 Å². The summed E-state index contributed by atoms with van der Waals surface area (Å²) in [5, 5.41) is 0. The summed E-state index contributed by atoms with van der Waals surface area (Å²) in [5.74, 6) is 1.81. The van der Waals surface area contributed by atoms with E-state index in [0.29, 0.717) is 0 Å². The highest BCUT2D eigenvalue weighted by Crippen LogP contribution is 2.23. The van der Waals surface area contributed by atoms with Crippen molar-refractivity contribution in [2.45, 2.75) is 52.4 Å². The van der Waals surface area contributed by atoms with Crippen molar-refractivity contribution in [3.8, 4) is 0 Å². The fourth-order valence-corrected chi connectivity index (χ4v) is 1.85. The molecule has 1 aliphatic rings. The van der Waals surface area contributed by atoms with E-state index in [9.17, 15) is 0 Å². The van der Waals surface area contributed by atoms with Crippen LogP contribution in [-0.4, -0.2) is 0 Å². The molecule has 0 radical (unpaired) electrons. The largest absolute Gasteiger partial charge is 0.0885 e. The van der Waals surface area contributed by atoms with Crippen molar-refractivity contribution in [3.63, 3.8) is 0 Å². The summed E-state index contributed by atoms with van der Waals surface area (Å²) in [5.41, 5.74) is 0. The molecule has 0 fully saturated rings. The van der Waals surface area contributed by atoms with Crippen molar-refractivity contribution in [1.29, 1.82) is 0 Å². The van der Waals surface area contributed by atoms with E-state index in [1.54, 1.807) is 0 Å². The third kappa shape index (κ3) is 3.42.